The van der Waals surface area contributed by atoms with Gasteiger partial charge in [-0.25, -0.2) is 0 Å². The summed E-state index contributed by atoms with van der Waals surface area (Å²) in [7, 11) is 0. The van der Waals surface area contributed by atoms with Gasteiger partial charge in [-0.05, 0) is 83.4 Å². The van der Waals surface area contributed by atoms with E-state index in [0.717, 1.165) is 5.56 Å². The van der Waals surface area contributed by atoms with Gasteiger partial charge in [-0.3, -0.25) is 9.59 Å². The van der Waals surface area contributed by atoms with Crippen LogP contribution in [-0.4, -0.2) is 25.0 Å². The minimum atomic E-state index is -0.581. The van der Waals surface area contributed by atoms with E-state index in [1.807, 2.05) is 44.2 Å². The first-order valence-corrected chi connectivity index (χ1v) is 12.1. The average Bonchev–Trinajstić information content (AvgIpc) is 2.83. The van der Waals surface area contributed by atoms with Gasteiger partial charge in [-0.1, -0.05) is 35.9 Å². The predicted octanol–water partition coefficient (Wildman–Crippen LogP) is 6.37. The number of benzene rings is 3. The zero-order valence-corrected chi connectivity index (χ0v) is 21.9. The third kappa shape index (κ3) is 7.35. The molecule has 3 rings (SSSR count). The van der Waals surface area contributed by atoms with Gasteiger partial charge < -0.3 is 20.1 Å². The molecule has 2 N–H and O–H groups in total. The minimum absolute atomic E-state index is 0.115. The molecule has 0 fully saturated rings. The van der Waals surface area contributed by atoms with Gasteiger partial charge in [0.25, 0.3) is 11.8 Å². The molecule has 0 unspecified atom stereocenters. The summed E-state index contributed by atoms with van der Waals surface area (Å²) in [5.41, 5.74) is 2.52. The molecule has 0 atom stereocenters. The molecule has 0 aliphatic carbocycles. The Morgan fingerprint density at radius 2 is 1.86 bits per heavy atom. The number of anilines is 2. The zero-order valence-electron chi connectivity index (χ0n) is 19.6. The molecule has 0 radical (unpaired) electrons. The van der Waals surface area contributed by atoms with E-state index in [2.05, 4.69) is 26.6 Å². The van der Waals surface area contributed by atoms with Crippen molar-refractivity contribution >= 4 is 56.8 Å². The number of ether oxygens (including phenoxy) is 2. The van der Waals surface area contributed by atoms with Gasteiger partial charge in [0.15, 0.2) is 18.1 Å². The fourth-order valence-corrected chi connectivity index (χ4v) is 3.96. The van der Waals surface area contributed by atoms with Crippen molar-refractivity contribution in [2.75, 3.05) is 23.8 Å². The number of carbonyl (C=O) groups excluding carboxylic acids is 2. The lowest BCUT2D eigenvalue weighted by atomic mass is 10.1. The van der Waals surface area contributed by atoms with E-state index < -0.39 is 5.91 Å². The quantitative estimate of drug-likeness (QED) is 0.231. The highest BCUT2D eigenvalue weighted by Gasteiger charge is 2.16. The van der Waals surface area contributed by atoms with Crippen LogP contribution in [0.1, 0.15) is 18.1 Å². The van der Waals surface area contributed by atoms with Crippen molar-refractivity contribution in [2.45, 2.75) is 13.8 Å². The number of para-hydroxylation sites is 1. The van der Waals surface area contributed by atoms with Crippen molar-refractivity contribution in [1.29, 1.82) is 5.26 Å². The Hall–Kier alpha value is -3.80. The SMILES string of the molecule is CCOc1cc(/C=C(/C#N)C(=O)Nc2cccc(Cl)c2)cc(Br)c1OCC(=O)Nc1ccccc1C. The van der Waals surface area contributed by atoms with E-state index in [4.69, 9.17) is 21.1 Å². The Labute approximate surface area is 222 Å². The summed E-state index contributed by atoms with van der Waals surface area (Å²) >= 11 is 9.40. The first-order chi connectivity index (χ1) is 17.3. The van der Waals surface area contributed by atoms with E-state index in [1.54, 1.807) is 36.4 Å². The molecule has 0 aliphatic heterocycles. The fourth-order valence-electron chi connectivity index (χ4n) is 3.19. The lowest BCUT2D eigenvalue weighted by Gasteiger charge is -2.15. The number of halogens is 2. The lowest BCUT2D eigenvalue weighted by molar-refractivity contribution is -0.118. The van der Waals surface area contributed by atoms with Crippen molar-refractivity contribution in [1.82, 2.24) is 0 Å². The monoisotopic (exact) mass is 567 g/mol. The van der Waals surface area contributed by atoms with E-state index in [9.17, 15) is 14.9 Å². The van der Waals surface area contributed by atoms with Crippen LogP contribution in [-0.2, 0) is 9.59 Å². The molecule has 3 aromatic rings. The largest absolute Gasteiger partial charge is 0.490 e. The lowest BCUT2D eigenvalue weighted by Crippen LogP contribution is -2.21. The number of nitrogens with zero attached hydrogens (tertiary/aromatic N) is 1. The van der Waals surface area contributed by atoms with E-state index in [0.29, 0.717) is 44.5 Å². The summed E-state index contributed by atoms with van der Waals surface area (Å²) in [5, 5.41) is 15.5. The van der Waals surface area contributed by atoms with Gasteiger partial charge in [0.1, 0.15) is 11.6 Å². The highest BCUT2D eigenvalue weighted by Crippen LogP contribution is 2.37. The van der Waals surface area contributed by atoms with Crippen molar-refractivity contribution in [3.8, 4) is 17.6 Å². The van der Waals surface area contributed by atoms with Crippen LogP contribution in [0.15, 0.2) is 70.7 Å². The summed E-state index contributed by atoms with van der Waals surface area (Å²) in [5.74, 6) is -0.223. The van der Waals surface area contributed by atoms with Gasteiger partial charge in [0, 0.05) is 16.4 Å². The summed E-state index contributed by atoms with van der Waals surface area (Å²) in [6.07, 6.45) is 1.43. The average molecular weight is 569 g/mol. The molecule has 184 valence electrons. The third-order valence-corrected chi connectivity index (χ3v) is 5.68. The number of hydrogen-bond acceptors (Lipinski definition) is 5. The van der Waals surface area contributed by atoms with Crippen molar-refractivity contribution < 1.29 is 19.1 Å². The number of hydrogen-bond donors (Lipinski definition) is 2. The number of amides is 2. The van der Waals surface area contributed by atoms with Crippen LogP contribution >= 0.6 is 27.5 Å². The minimum Gasteiger partial charge on any atom is -0.490 e. The molecule has 0 saturated carbocycles. The number of nitrogens with one attached hydrogen (secondary N) is 2. The maximum Gasteiger partial charge on any atom is 0.266 e. The molecule has 0 spiro atoms. The second-order valence-corrected chi connectivity index (χ2v) is 8.84. The molecule has 36 heavy (non-hydrogen) atoms. The number of aryl methyl sites for hydroxylation is 1. The highest BCUT2D eigenvalue weighted by molar-refractivity contribution is 9.10. The van der Waals surface area contributed by atoms with E-state index in [1.165, 1.54) is 6.08 Å². The molecule has 0 aliphatic rings. The zero-order chi connectivity index (χ0) is 26.1. The van der Waals surface area contributed by atoms with Crippen molar-refractivity contribution in [2.24, 2.45) is 0 Å². The maximum absolute atomic E-state index is 12.6. The number of rotatable bonds is 9. The predicted molar refractivity (Wildman–Crippen MR) is 144 cm³/mol. The van der Waals surface area contributed by atoms with Crippen LogP contribution in [0.3, 0.4) is 0 Å². The van der Waals surface area contributed by atoms with Crippen LogP contribution in [0.5, 0.6) is 11.5 Å². The molecular formula is C27H23BrClN3O4. The standard InChI is InChI=1S/C27H23BrClN3O4/c1-3-35-24-13-18(11-19(15-30)27(34)31-21-9-6-8-20(29)14-21)12-22(28)26(24)36-16-25(33)32-23-10-5-4-7-17(23)2/h4-14H,3,16H2,1-2H3,(H,31,34)(H,32,33)/b19-11-. The Kier molecular flexibility index (Phi) is 9.51. The Morgan fingerprint density at radius 1 is 1.08 bits per heavy atom. The normalized spacial score (nSPS) is 10.8. The van der Waals surface area contributed by atoms with Gasteiger partial charge >= 0.3 is 0 Å². The maximum atomic E-state index is 12.6. The number of carbonyl (C=O) groups is 2. The van der Waals surface area contributed by atoms with Gasteiger partial charge in [-0.15, -0.1) is 0 Å². The molecule has 0 heterocycles. The molecule has 9 heteroatoms. The first kappa shape index (κ1) is 26.8. The summed E-state index contributed by atoms with van der Waals surface area (Å²) in [6, 6.07) is 19.3. The van der Waals surface area contributed by atoms with Gasteiger partial charge in [0.05, 0.1) is 11.1 Å². The second kappa shape index (κ2) is 12.8. The Morgan fingerprint density at radius 3 is 2.56 bits per heavy atom. The van der Waals surface area contributed by atoms with Gasteiger partial charge in [-0.2, -0.15) is 5.26 Å². The highest BCUT2D eigenvalue weighted by atomic mass is 79.9. The Balaban J connectivity index is 1.78. The smallest absolute Gasteiger partial charge is 0.266 e. The van der Waals surface area contributed by atoms with Crippen LogP contribution < -0.4 is 20.1 Å². The molecule has 7 nitrogen and oxygen atoms in total. The third-order valence-electron chi connectivity index (χ3n) is 4.86. The number of nitriles is 1. The molecule has 0 bridgehead atoms. The molecule has 3 aromatic carbocycles. The summed E-state index contributed by atoms with van der Waals surface area (Å²) in [6.45, 7) is 3.81. The fraction of sp³-hybridized carbons (Fsp3) is 0.148. The van der Waals surface area contributed by atoms with Crippen LogP contribution in [0.25, 0.3) is 6.08 Å². The van der Waals surface area contributed by atoms with E-state index in [-0.39, 0.29) is 18.1 Å². The second-order valence-electron chi connectivity index (χ2n) is 7.55. The first-order valence-electron chi connectivity index (χ1n) is 10.9. The van der Waals surface area contributed by atoms with Crippen LogP contribution in [0.4, 0.5) is 11.4 Å². The van der Waals surface area contributed by atoms with Crippen LogP contribution in [0.2, 0.25) is 5.02 Å². The Bertz CT molecular complexity index is 1350. The van der Waals surface area contributed by atoms with Crippen molar-refractivity contribution in [3.05, 3.63) is 86.9 Å². The van der Waals surface area contributed by atoms with Crippen LogP contribution in [0, 0.1) is 18.3 Å². The van der Waals surface area contributed by atoms with Gasteiger partial charge in [0.2, 0.25) is 0 Å². The molecule has 0 aromatic heterocycles. The van der Waals surface area contributed by atoms with Crippen molar-refractivity contribution in [3.63, 3.8) is 0 Å². The topological polar surface area (TPSA) is 100 Å². The molecule has 2 amide bonds. The van der Waals surface area contributed by atoms with E-state index >= 15 is 0 Å². The molecule has 0 saturated heterocycles. The molecular weight excluding hydrogens is 546 g/mol. The summed E-state index contributed by atoms with van der Waals surface area (Å²) < 4.78 is 12.0. The summed E-state index contributed by atoms with van der Waals surface area (Å²) in [4.78, 5) is 25.0.